The molecule has 21 heavy (non-hydrogen) atoms. The molecule has 0 unspecified atom stereocenters. The summed E-state index contributed by atoms with van der Waals surface area (Å²) in [6.07, 6.45) is 4.62. The maximum Gasteiger partial charge on any atom is 0.246 e. The van der Waals surface area contributed by atoms with Crippen LogP contribution < -0.4 is 14.8 Å². The molecule has 1 aromatic carbocycles. The van der Waals surface area contributed by atoms with Crippen molar-refractivity contribution in [3.05, 3.63) is 29.8 Å². The molecule has 1 N–H and O–H groups in total. The third-order valence-corrected chi connectivity index (χ3v) is 4.54. The second-order valence-electron chi connectivity index (χ2n) is 5.75. The van der Waals surface area contributed by atoms with Crippen molar-refractivity contribution in [2.45, 2.75) is 12.5 Å². The monoisotopic (exact) mass is 286 g/mol. The van der Waals surface area contributed by atoms with Gasteiger partial charge in [-0.25, -0.2) is 0 Å². The van der Waals surface area contributed by atoms with Gasteiger partial charge in [-0.2, -0.15) is 0 Å². The molecule has 2 fully saturated rings. The Balaban J connectivity index is 1.46. The van der Waals surface area contributed by atoms with Crippen LogP contribution in [0.2, 0.25) is 0 Å². The van der Waals surface area contributed by atoms with Crippen molar-refractivity contribution in [1.29, 1.82) is 0 Å². The molecule has 1 amide bonds. The summed E-state index contributed by atoms with van der Waals surface area (Å²) in [7, 11) is 0. The predicted molar refractivity (Wildman–Crippen MR) is 78.1 cm³/mol. The summed E-state index contributed by atoms with van der Waals surface area (Å²) in [5, 5.41) is 3.36. The lowest BCUT2D eigenvalue weighted by atomic mass is 10.1. The molecule has 110 valence electrons. The summed E-state index contributed by atoms with van der Waals surface area (Å²) >= 11 is 0. The molecule has 3 aliphatic rings. The van der Waals surface area contributed by atoms with Gasteiger partial charge in [0.2, 0.25) is 12.7 Å². The Morgan fingerprint density at radius 1 is 1.29 bits per heavy atom. The Morgan fingerprint density at radius 3 is 3.14 bits per heavy atom. The number of benzene rings is 1. The van der Waals surface area contributed by atoms with E-state index in [1.54, 1.807) is 6.08 Å². The van der Waals surface area contributed by atoms with Gasteiger partial charge >= 0.3 is 0 Å². The molecule has 0 saturated carbocycles. The number of carbonyl (C=O) groups excluding carboxylic acids is 1. The fourth-order valence-electron chi connectivity index (χ4n) is 3.40. The van der Waals surface area contributed by atoms with Gasteiger partial charge in [0.1, 0.15) is 0 Å². The molecule has 2 atom stereocenters. The van der Waals surface area contributed by atoms with Crippen molar-refractivity contribution in [2.24, 2.45) is 5.92 Å². The van der Waals surface area contributed by atoms with Crippen LogP contribution in [-0.4, -0.2) is 43.3 Å². The summed E-state index contributed by atoms with van der Waals surface area (Å²) in [4.78, 5) is 14.3. The Kier molecular flexibility index (Phi) is 3.07. The van der Waals surface area contributed by atoms with Crippen LogP contribution in [0.3, 0.4) is 0 Å². The van der Waals surface area contributed by atoms with Crippen molar-refractivity contribution in [3.8, 4) is 11.5 Å². The zero-order chi connectivity index (χ0) is 14.2. The third-order valence-electron chi connectivity index (χ3n) is 4.54. The van der Waals surface area contributed by atoms with Crippen LogP contribution in [0.4, 0.5) is 0 Å². The van der Waals surface area contributed by atoms with E-state index in [2.05, 4.69) is 5.32 Å². The first-order valence-corrected chi connectivity index (χ1v) is 7.40. The standard InChI is InChI=1S/C16H18N2O3/c19-16(18-6-5-12-8-17-9-13(12)18)4-2-11-1-3-14-15(7-11)21-10-20-14/h1-4,7,12-13,17H,5-6,8-10H2/b4-2+/t12-,13+/m0/s1. The highest BCUT2D eigenvalue weighted by atomic mass is 16.7. The van der Waals surface area contributed by atoms with E-state index in [4.69, 9.17) is 9.47 Å². The van der Waals surface area contributed by atoms with Crippen LogP contribution in [0.1, 0.15) is 12.0 Å². The zero-order valence-electron chi connectivity index (χ0n) is 11.7. The predicted octanol–water partition coefficient (Wildman–Crippen LogP) is 1.25. The molecule has 4 rings (SSSR count). The molecule has 5 nitrogen and oxygen atoms in total. The SMILES string of the molecule is O=C(/C=C/c1ccc2c(c1)OCO2)N1CC[C@H]2CNC[C@H]21. The molecule has 0 radical (unpaired) electrons. The molecular weight excluding hydrogens is 268 g/mol. The number of ether oxygens (including phenoxy) is 2. The van der Waals surface area contributed by atoms with E-state index in [0.29, 0.717) is 12.0 Å². The van der Waals surface area contributed by atoms with Crippen LogP contribution in [0.5, 0.6) is 11.5 Å². The molecule has 5 heteroatoms. The minimum atomic E-state index is 0.101. The van der Waals surface area contributed by atoms with Crippen LogP contribution in [-0.2, 0) is 4.79 Å². The molecule has 3 aliphatic heterocycles. The van der Waals surface area contributed by atoms with Crippen molar-refractivity contribution in [2.75, 3.05) is 26.4 Å². The van der Waals surface area contributed by atoms with Crippen molar-refractivity contribution >= 4 is 12.0 Å². The zero-order valence-corrected chi connectivity index (χ0v) is 11.7. The first-order chi connectivity index (χ1) is 10.3. The molecule has 1 aromatic rings. The van der Waals surface area contributed by atoms with E-state index in [1.807, 2.05) is 29.2 Å². The third kappa shape index (κ3) is 2.27. The second kappa shape index (κ2) is 5.07. The number of carbonyl (C=O) groups is 1. The lowest BCUT2D eigenvalue weighted by Gasteiger charge is -2.21. The van der Waals surface area contributed by atoms with Crippen molar-refractivity contribution < 1.29 is 14.3 Å². The van der Waals surface area contributed by atoms with E-state index in [1.165, 1.54) is 0 Å². The van der Waals surface area contributed by atoms with Gasteiger partial charge in [0.15, 0.2) is 11.5 Å². The topological polar surface area (TPSA) is 50.8 Å². The highest BCUT2D eigenvalue weighted by Crippen LogP contribution is 2.33. The number of hydrogen-bond donors (Lipinski definition) is 1. The van der Waals surface area contributed by atoms with Gasteiger partial charge in [0.05, 0.1) is 0 Å². The van der Waals surface area contributed by atoms with Gasteiger partial charge in [-0.3, -0.25) is 4.79 Å². The number of rotatable bonds is 2. The molecular formula is C16H18N2O3. The smallest absolute Gasteiger partial charge is 0.246 e. The summed E-state index contributed by atoms with van der Waals surface area (Å²) in [5.74, 6) is 2.24. The van der Waals surface area contributed by atoms with Crippen LogP contribution in [0, 0.1) is 5.92 Å². The highest BCUT2D eigenvalue weighted by Gasteiger charge is 2.39. The average Bonchev–Trinajstić information content (AvgIpc) is 3.19. The summed E-state index contributed by atoms with van der Waals surface area (Å²) < 4.78 is 10.6. The number of likely N-dealkylation sites (tertiary alicyclic amines) is 1. The summed E-state index contributed by atoms with van der Waals surface area (Å²) in [6.45, 7) is 3.11. The lowest BCUT2D eigenvalue weighted by molar-refractivity contribution is -0.126. The van der Waals surface area contributed by atoms with E-state index in [0.717, 1.165) is 43.1 Å². The first kappa shape index (κ1) is 12.7. The van der Waals surface area contributed by atoms with Crippen LogP contribution in [0.25, 0.3) is 6.08 Å². The number of fused-ring (bicyclic) bond motifs is 2. The van der Waals surface area contributed by atoms with Crippen molar-refractivity contribution in [1.82, 2.24) is 10.2 Å². The Labute approximate surface area is 123 Å². The molecule has 0 aliphatic carbocycles. The van der Waals surface area contributed by atoms with E-state index in [9.17, 15) is 4.79 Å². The van der Waals surface area contributed by atoms with Gasteiger partial charge in [-0.1, -0.05) is 6.07 Å². The minimum absolute atomic E-state index is 0.101. The first-order valence-electron chi connectivity index (χ1n) is 7.40. The number of amides is 1. The van der Waals surface area contributed by atoms with E-state index < -0.39 is 0 Å². The van der Waals surface area contributed by atoms with Gasteiger partial charge in [0.25, 0.3) is 0 Å². The quantitative estimate of drug-likeness (QED) is 0.831. The highest BCUT2D eigenvalue weighted by molar-refractivity contribution is 5.92. The molecule has 0 spiro atoms. The Morgan fingerprint density at radius 2 is 2.19 bits per heavy atom. The molecule has 0 aromatic heterocycles. The summed E-state index contributed by atoms with van der Waals surface area (Å²) in [6, 6.07) is 6.08. The van der Waals surface area contributed by atoms with Crippen LogP contribution in [0.15, 0.2) is 24.3 Å². The second-order valence-corrected chi connectivity index (χ2v) is 5.75. The number of hydrogen-bond acceptors (Lipinski definition) is 4. The van der Waals surface area contributed by atoms with Gasteiger partial charge in [-0.15, -0.1) is 0 Å². The fraction of sp³-hybridized carbons (Fsp3) is 0.438. The Hall–Kier alpha value is -2.01. The largest absolute Gasteiger partial charge is 0.454 e. The molecule has 3 heterocycles. The molecule has 0 bridgehead atoms. The van der Waals surface area contributed by atoms with Crippen molar-refractivity contribution in [3.63, 3.8) is 0 Å². The maximum absolute atomic E-state index is 12.4. The van der Waals surface area contributed by atoms with E-state index in [-0.39, 0.29) is 12.7 Å². The normalized spacial score (nSPS) is 26.6. The Bertz CT molecular complexity index is 599. The summed E-state index contributed by atoms with van der Waals surface area (Å²) in [5.41, 5.74) is 0.952. The van der Waals surface area contributed by atoms with Gasteiger partial charge < -0.3 is 19.7 Å². The minimum Gasteiger partial charge on any atom is -0.454 e. The van der Waals surface area contributed by atoms with Crippen LogP contribution >= 0.6 is 0 Å². The van der Waals surface area contributed by atoms with Gasteiger partial charge in [0, 0.05) is 31.8 Å². The lowest BCUT2D eigenvalue weighted by Crippen LogP contribution is -2.38. The number of nitrogens with one attached hydrogen (secondary N) is 1. The van der Waals surface area contributed by atoms with Gasteiger partial charge in [-0.05, 0) is 36.1 Å². The van der Waals surface area contributed by atoms with E-state index >= 15 is 0 Å². The average molecular weight is 286 g/mol. The fourth-order valence-corrected chi connectivity index (χ4v) is 3.40. The number of nitrogens with zero attached hydrogens (tertiary/aromatic N) is 1. The molecule has 2 saturated heterocycles. The maximum atomic E-state index is 12.4.